The molecule has 0 aliphatic carbocycles. The number of thiazole rings is 2. The van der Waals surface area contributed by atoms with Gasteiger partial charge < -0.3 is 19.9 Å². The first-order valence-corrected chi connectivity index (χ1v) is 25.6. The van der Waals surface area contributed by atoms with Crippen LogP contribution in [0.15, 0.2) is 208 Å². The fraction of sp³-hybridized carbons (Fsp3) is 0.127. The number of nitrogens with one attached hydrogen (secondary N) is 2. The van der Waals surface area contributed by atoms with Crippen LogP contribution in [0, 0.1) is 0 Å². The van der Waals surface area contributed by atoms with E-state index < -0.39 is 45.7 Å². The number of alkyl halides is 3. The minimum Gasteiger partial charge on any atom is -0.374 e. The third-order valence-corrected chi connectivity index (χ3v) is 15.8. The van der Waals surface area contributed by atoms with Gasteiger partial charge in [0.15, 0.2) is 15.2 Å². The second-order valence-corrected chi connectivity index (χ2v) is 20.7. The van der Waals surface area contributed by atoms with E-state index in [-0.39, 0.29) is 49.0 Å². The number of rotatable bonds is 15. The Kier molecular flexibility index (Phi) is 14.0. The molecule has 4 heterocycles. The number of hydroxylamine groups is 1. The smallest absolute Gasteiger partial charge is 0.374 e. The minimum absolute atomic E-state index is 0.00628. The molecular formula is C55H40ClF3N6O5S3. The summed E-state index contributed by atoms with van der Waals surface area (Å²) in [6, 6.07) is 57.0. The van der Waals surface area contributed by atoms with Crippen molar-refractivity contribution in [3.63, 3.8) is 0 Å². The molecule has 8 aromatic rings. The number of anilines is 1. The summed E-state index contributed by atoms with van der Waals surface area (Å²) in [5.41, 5.74) is 3.39. The van der Waals surface area contributed by atoms with Crippen LogP contribution >= 0.6 is 46.0 Å². The molecule has 6 aromatic carbocycles. The van der Waals surface area contributed by atoms with E-state index in [0.29, 0.717) is 40.6 Å². The molecule has 0 spiro atoms. The molecule has 2 amide bonds. The zero-order chi connectivity index (χ0) is 50.6. The van der Waals surface area contributed by atoms with Crippen LogP contribution < -0.4 is 10.8 Å². The van der Waals surface area contributed by atoms with Crippen molar-refractivity contribution in [2.45, 2.75) is 47.0 Å². The average Bonchev–Trinajstić information content (AvgIpc) is 4.06. The Morgan fingerprint density at radius 2 is 1.19 bits per heavy atom. The third-order valence-electron chi connectivity index (χ3n) is 12.4. The van der Waals surface area contributed by atoms with E-state index in [4.69, 9.17) is 26.3 Å². The summed E-state index contributed by atoms with van der Waals surface area (Å²) in [4.78, 5) is 64.0. The van der Waals surface area contributed by atoms with Gasteiger partial charge in [-0.3, -0.25) is 9.59 Å². The number of hydrogen-bond donors (Lipinski definition) is 2. The second kappa shape index (κ2) is 20.9. The lowest BCUT2D eigenvalue weighted by atomic mass is 9.77. The minimum atomic E-state index is -4.63. The average molecular weight is 1050 g/mol. The molecule has 366 valence electrons. The maximum Gasteiger partial charge on any atom is 0.427 e. The number of carbonyl (C=O) groups excluding carboxylic acids is 3. The van der Waals surface area contributed by atoms with Gasteiger partial charge in [-0.15, -0.1) is 11.3 Å². The number of nitrogens with zero attached hydrogens (tertiary/aromatic N) is 4. The van der Waals surface area contributed by atoms with Gasteiger partial charge in [0.2, 0.25) is 11.5 Å². The van der Waals surface area contributed by atoms with Crippen LogP contribution in [-0.2, 0) is 41.4 Å². The number of β-lactam (4-membered cyclic amide) rings is 1. The first kappa shape index (κ1) is 49.0. The van der Waals surface area contributed by atoms with Gasteiger partial charge in [0, 0.05) is 34.1 Å². The van der Waals surface area contributed by atoms with Gasteiger partial charge in [-0.25, -0.2) is 14.8 Å². The van der Waals surface area contributed by atoms with Crippen LogP contribution in [0.1, 0.15) is 63.2 Å². The van der Waals surface area contributed by atoms with Crippen LogP contribution in [0.2, 0.25) is 4.34 Å². The van der Waals surface area contributed by atoms with Gasteiger partial charge >= 0.3 is 18.1 Å². The fourth-order valence-corrected chi connectivity index (χ4v) is 12.2. The molecule has 2 aliphatic rings. The van der Waals surface area contributed by atoms with E-state index in [1.807, 2.05) is 182 Å². The summed E-state index contributed by atoms with van der Waals surface area (Å²) < 4.78 is 40.7. The molecule has 0 saturated carbocycles. The van der Waals surface area contributed by atoms with Crippen LogP contribution in [-0.4, -0.2) is 44.4 Å². The summed E-state index contributed by atoms with van der Waals surface area (Å²) in [7, 11) is 0. The van der Waals surface area contributed by atoms with Crippen molar-refractivity contribution in [2.24, 2.45) is 5.16 Å². The molecular weight excluding hydrogens is 1010 g/mol. The predicted octanol–water partition coefficient (Wildman–Crippen LogP) is 12.4. The number of amides is 2. The molecule has 2 aliphatic heterocycles. The van der Waals surface area contributed by atoms with Crippen molar-refractivity contribution in [1.29, 1.82) is 0 Å². The highest BCUT2D eigenvalue weighted by atomic mass is 35.5. The Labute approximate surface area is 434 Å². The number of hydrogen-bond acceptors (Lipinski definition) is 12. The van der Waals surface area contributed by atoms with Gasteiger partial charge in [-0.2, -0.15) is 18.7 Å². The highest BCUT2D eigenvalue weighted by Gasteiger charge is 2.47. The monoisotopic (exact) mass is 1050 g/mol. The number of fused-ring (bicyclic) bond motifs is 1. The molecule has 73 heavy (non-hydrogen) atoms. The molecule has 1 fully saturated rings. The van der Waals surface area contributed by atoms with Gasteiger partial charge in [0.1, 0.15) is 26.1 Å². The molecule has 10 rings (SSSR count). The van der Waals surface area contributed by atoms with Gasteiger partial charge in [0.05, 0.1) is 6.20 Å². The Hall–Kier alpha value is -7.57. The molecule has 1 saturated heterocycles. The number of allylic oxidation sites excluding steroid dienone is 1. The number of thioether (sulfide) groups is 1. The molecule has 0 radical (unpaired) electrons. The van der Waals surface area contributed by atoms with Crippen LogP contribution in [0.3, 0.4) is 0 Å². The lowest BCUT2D eigenvalue weighted by Gasteiger charge is -2.44. The van der Waals surface area contributed by atoms with Gasteiger partial charge in [0.25, 0.3) is 0 Å². The topological polar surface area (TPSA) is 135 Å². The number of aromatic nitrogens is 2. The summed E-state index contributed by atoms with van der Waals surface area (Å²) in [5.74, 6) is -2.64. The quantitative estimate of drug-likeness (QED) is 0.0445. The van der Waals surface area contributed by atoms with E-state index in [1.54, 1.807) is 0 Å². The number of benzene rings is 6. The van der Waals surface area contributed by atoms with Crippen molar-refractivity contribution in [3.05, 3.63) is 247 Å². The van der Waals surface area contributed by atoms with E-state index in [0.717, 1.165) is 39.8 Å². The molecule has 2 N–H and O–H groups in total. The first-order chi connectivity index (χ1) is 35.5. The highest BCUT2D eigenvalue weighted by Crippen LogP contribution is 2.47. The highest BCUT2D eigenvalue weighted by molar-refractivity contribution is 8.04. The fourth-order valence-electron chi connectivity index (χ4n) is 9.04. The second-order valence-electron chi connectivity index (χ2n) is 16.8. The van der Waals surface area contributed by atoms with Crippen LogP contribution in [0.5, 0.6) is 0 Å². The zero-order valence-electron chi connectivity index (χ0n) is 38.2. The summed E-state index contributed by atoms with van der Waals surface area (Å²) >= 11 is 9.46. The lowest BCUT2D eigenvalue weighted by Crippen LogP contribution is -2.55. The number of carbonyl (C=O) groups is 3. The molecule has 2 aromatic heterocycles. The standard InChI is InChI=1S/C55H40ClF3N6O5S3/c56-48-45(61-51(73-48)62-53(35-19-7-1-8-20-35,36-21-9-2-10-22-36)37-23-11-3-12-24-37)46(63-70-54(38-25-13-4-14-26-38,39-27-15-5-16-28-39)40-29-17-6-18-30-40)49(67)64-69-50(68)47-42(32-31-41-33-44(66)65(41)47)71-52-60-34-43(72-52)55(57,58)59/h1-30,34,41H,31-33H2,(H,61,62)(H,64,67). The predicted molar refractivity (Wildman–Crippen MR) is 276 cm³/mol. The summed E-state index contributed by atoms with van der Waals surface area (Å²) in [5, 5.41) is 8.61. The van der Waals surface area contributed by atoms with Crippen molar-refractivity contribution >= 4 is 74.7 Å². The Balaban J connectivity index is 1.08. The maximum atomic E-state index is 14.9. The molecule has 18 heteroatoms. The molecule has 0 bridgehead atoms. The van der Waals surface area contributed by atoms with Crippen molar-refractivity contribution in [1.82, 2.24) is 20.3 Å². The van der Waals surface area contributed by atoms with Gasteiger partial charge in [-0.1, -0.05) is 222 Å². The van der Waals surface area contributed by atoms with Crippen molar-refractivity contribution in [2.75, 3.05) is 5.32 Å². The number of oxime groups is 1. The van der Waals surface area contributed by atoms with E-state index in [9.17, 15) is 27.6 Å². The summed E-state index contributed by atoms with van der Waals surface area (Å²) in [6.07, 6.45) is -3.06. The van der Waals surface area contributed by atoms with Crippen molar-refractivity contribution in [3.8, 4) is 0 Å². The Bertz CT molecular complexity index is 3140. The maximum absolute atomic E-state index is 14.9. The summed E-state index contributed by atoms with van der Waals surface area (Å²) in [6.45, 7) is 0. The van der Waals surface area contributed by atoms with E-state index in [2.05, 4.69) is 20.9 Å². The molecule has 11 nitrogen and oxygen atoms in total. The largest absolute Gasteiger partial charge is 0.427 e. The van der Waals surface area contributed by atoms with E-state index in [1.165, 1.54) is 4.90 Å². The van der Waals surface area contributed by atoms with Crippen molar-refractivity contribution < 1.29 is 37.2 Å². The van der Waals surface area contributed by atoms with Crippen LogP contribution in [0.4, 0.5) is 18.3 Å². The lowest BCUT2D eigenvalue weighted by molar-refractivity contribution is -0.159. The SMILES string of the molecule is O=C(NOC(=O)C1=C(Sc2ncc(C(F)(F)F)s2)CCC2CC(=O)N12)C(=NOC(c1ccccc1)(c1ccccc1)c1ccccc1)c1nc(NC(c2ccccc2)(c2ccccc2)c2ccccc2)sc1Cl. The first-order valence-electron chi connectivity index (χ1n) is 22.8. The zero-order valence-corrected chi connectivity index (χ0v) is 41.4. The molecule has 1 unspecified atom stereocenters. The molecule has 1 atom stereocenters. The van der Waals surface area contributed by atoms with E-state index >= 15 is 0 Å². The van der Waals surface area contributed by atoms with Gasteiger partial charge in [-0.05, 0) is 29.5 Å². The normalized spacial score (nSPS) is 15.0. The van der Waals surface area contributed by atoms with Crippen LogP contribution in [0.25, 0.3) is 0 Å². The third kappa shape index (κ3) is 9.76. The Morgan fingerprint density at radius 3 is 1.64 bits per heavy atom. The number of halogens is 4. The Morgan fingerprint density at radius 1 is 0.712 bits per heavy atom.